The van der Waals surface area contributed by atoms with Gasteiger partial charge in [-0.3, -0.25) is 9.69 Å². The minimum absolute atomic E-state index is 0.0253. The quantitative estimate of drug-likeness (QED) is 0.827. The van der Waals surface area contributed by atoms with Gasteiger partial charge in [-0.2, -0.15) is 0 Å². The van der Waals surface area contributed by atoms with Crippen LogP contribution in [0.25, 0.3) is 0 Å². The molecule has 1 aliphatic heterocycles. The summed E-state index contributed by atoms with van der Waals surface area (Å²) in [5.74, 6) is 0.599. The molecule has 0 spiro atoms. The van der Waals surface area contributed by atoms with E-state index < -0.39 is 0 Å². The van der Waals surface area contributed by atoms with E-state index in [4.69, 9.17) is 10.5 Å². The Kier molecular flexibility index (Phi) is 4.84. The van der Waals surface area contributed by atoms with Crippen molar-refractivity contribution in [2.24, 2.45) is 0 Å². The zero-order valence-corrected chi connectivity index (χ0v) is 12.2. The Bertz CT molecular complexity index is 476. The normalized spacial score (nSPS) is 19.6. The van der Waals surface area contributed by atoms with Crippen molar-refractivity contribution < 1.29 is 9.53 Å². The maximum Gasteiger partial charge on any atom is 0.238 e. The summed E-state index contributed by atoms with van der Waals surface area (Å²) >= 11 is 0. The highest BCUT2D eigenvalue weighted by Crippen LogP contribution is 2.26. The first-order valence-electron chi connectivity index (χ1n) is 7.07. The number of amides is 1. The lowest BCUT2D eigenvalue weighted by Gasteiger charge is -2.32. The molecule has 0 bridgehead atoms. The minimum atomic E-state index is -0.0253. The number of carbonyl (C=O) groups excluding carboxylic acids is 1. The Hall–Kier alpha value is -1.75. The van der Waals surface area contributed by atoms with Gasteiger partial charge in [0.2, 0.25) is 5.91 Å². The number of piperidine rings is 1. The van der Waals surface area contributed by atoms with E-state index in [2.05, 4.69) is 17.1 Å². The highest BCUT2D eigenvalue weighted by molar-refractivity contribution is 5.94. The molecule has 1 saturated heterocycles. The smallest absolute Gasteiger partial charge is 0.238 e. The Morgan fingerprint density at radius 1 is 1.50 bits per heavy atom. The molecule has 5 nitrogen and oxygen atoms in total. The number of carbonyl (C=O) groups is 1. The summed E-state index contributed by atoms with van der Waals surface area (Å²) in [6.07, 6.45) is 3.58. The molecule has 110 valence electrons. The average molecular weight is 277 g/mol. The topological polar surface area (TPSA) is 67.6 Å². The molecular weight excluding hydrogens is 254 g/mol. The number of nitrogens with zero attached hydrogens (tertiary/aromatic N) is 1. The zero-order valence-electron chi connectivity index (χ0n) is 12.2. The van der Waals surface area contributed by atoms with E-state index in [1.807, 2.05) is 0 Å². The number of nitrogens with one attached hydrogen (secondary N) is 1. The second-order valence-corrected chi connectivity index (χ2v) is 5.32. The van der Waals surface area contributed by atoms with Crippen molar-refractivity contribution in [1.82, 2.24) is 4.90 Å². The maximum atomic E-state index is 12.2. The summed E-state index contributed by atoms with van der Waals surface area (Å²) in [5, 5.41) is 2.88. The largest absolute Gasteiger partial charge is 0.495 e. The lowest BCUT2D eigenvalue weighted by molar-refractivity contribution is -0.118. The molecule has 1 aromatic rings. The van der Waals surface area contributed by atoms with Gasteiger partial charge in [0.05, 0.1) is 19.3 Å². The van der Waals surface area contributed by atoms with Crippen LogP contribution in [-0.2, 0) is 4.79 Å². The predicted octanol–water partition coefficient (Wildman–Crippen LogP) is 2.09. The summed E-state index contributed by atoms with van der Waals surface area (Å²) in [7, 11) is 1.58. The summed E-state index contributed by atoms with van der Waals surface area (Å²) in [5.41, 5.74) is 6.98. The van der Waals surface area contributed by atoms with Gasteiger partial charge in [0.15, 0.2) is 0 Å². The lowest BCUT2D eigenvalue weighted by atomic mass is 10.0. The van der Waals surface area contributed by atoms with Crippen LogP contribution in [0.4, 0.5) is 11.4 Å². The van der Waals surface area contributed by atoms with Crippen molar-refractivity contribution in [2.45, 2.75) is 32.2 Å². The SMILES string of the molecule is COc1ccc(N)cc1NC(=O)CN1CCCCC1C. The second-order valence-electron chi connectivity index (χ2n) is 5.32. The molecule has 3 N–H and O–H groups in total. The van der Waals surface area contributed by atoms with E-state index >= 15 is 0 Å². The number of hydrogen-bond acceptors (Lipinski definition) is 4. The van der Waals surface area contributed by atoms with Gasteiger partial charge in [-0.1, -0.05) is 6.42 Å². The van der Waals surface area contributed by atoms with Crippen molar-refractivity contribution in [3.05, 3.63) is 18.2 Å². The number of nitrogen functional groups attached to an aromatic ring is 1. The van der Waals surface area contributed by atoms with E-state index in [-0.39, 0.29) is 5.91 Å². The van der Waals surface area contributed by atoms with Crippen LogP contribution in [0.15, 0.2) is 18.2 Å². The van der Waals surface area contributed by atoms with Gasteiger partial charge in [0.1, 0.15) is 5.75 Å². The van der Waals surface area contributed by atoms with Crippen LogP contribution >= 0.6 is 0 Å². The molecular formula is C15H23N3O2. The monoisotopic (exact) mass is 277 g/mol. The molecule has 1 amide bonds. The first kappa shape index (κ1) is 14.7. The van der Waals surface area contributed by atoms with E-state index in [1.54, 1.807) is 25.3 Å². The fraction of sp³-hybridized carbons (Fsp3) is 0.533. The van der Waals surface area contributed by atoms with Gasteiger partial charge in [-0.05, 0) is 44.5 Å². The third-order valence-electron chi connectivity index (χ3n) is 3.78. The van der Waals surface area contributed by atoms with Crippen molar-refractivity contribution >= 4 is 17.3 Å². The van der Waals surface area contributed by atoms with Gasteiger partial charge in [0, 0.05) is 11.7 Å². The van der Waals surface area contributed by atoms with Crippen molar-refractivity contribution in [1.29, 1.82) is 0 Å². The Labute approximate surface area is 120 Å². The zero-order chi connectivity index (χ0) is 14.5. The molecule has 20 heavy (non-hydrogen) atoms. The van der Waals surface area contributed by atoms with Gasteiger partial charge in [-0.25, -0.2) is 0 Å². The molecule has 5 heteroatoms. The summed E-state index contributed by atoms with van der Waals surface area (Å²) < 4.78 is 5.23. The number of ether oxygens (including phenoxy) is 1. The van der Waals surface area contributed by atoms with Crippen molar-refractivity contribution in [3.8, 4) is 5.75 Å². The Morgan fingerprint density at radius 2 is 2.30 bits per heavy atom. The van der Waals surface area contributed by atoms with Gasteiger partial charge < -0.3 is 15.8 Å². The standard InChI is InChI=1S/C15H23N3O2/c1-11-5-3-4-8-18(11)10-15(19)17-13-9-12(16)6-7-14(13)20-2/h6-7,9,11H,3-5,8,10,16H2,1-2H3,(H,17,19). The van der Waals surface area contributed by atoms with Gasteiger partial charge in [0.25, 0.3) is 0 Å². The lowest BCUT2D eigenvalue weighted by Crippen LogP contribution is -2.42. The van der Waals surface area contributed by atoms with Crippen molar-refractivity contribution in [3.63, 3.8) is 0 Å². The fourth-order valence-corrected chi connectivity index (χ4v) is 2.59. The molecule has 2 rings (SSSR count). The van der Waals surface area contributed by atoms with E-state index in [9.17, 15) is 4.79 Å². The van der Waals surface area contributed by atoms with Crippen LogP contribution in [0.1, 0.15) is 26.2 Å². The number of nitrogens with two attached hydrogens (primary N) is 1. The molecule has 1 heterocycles. The molecule has 1 aliphatic rings. The first-order chi connectivity index (χ1) is 9.60. The minimum Gasteiger partial charge on any atom is -0.495 e. The summed E-state index contributed by atoms with van der Waals surface area (Å²) in [6, 6.07) is 5.70. The highest BCUT2D eigenvalue weighted by atomic mass is 16.5. The number of anilines is 2. The van der Waals surface area contributed by atoms with Crippen LogP contribution in [0, 0.1) is 0 Å². The molecule has 0 radical (unpaired) electrons. The number of benzene rings is 1. The van der Waals surface area contributed by atoms with Gasteiger partial charge >= 0.3 is 0 Å². The molecule has 1 fully saturated rings. The molecule has 1 atom stereocenters. The third kappa shape index (κ3) is 3.63. The second kappa shape index (κ2) is 6.61. The number of hydrogen-bond donors (Lipinski definition) is 2. The Balaban J connectivity index is 1.99. The molecule has 1 aromatic carbocycles. The first-order valence-corrected chi connectivity index (χ1v) is 7.07. The Morgan fingerprint density at radius 3 is 3.00 bits per heavy atom. The van der Waals surface area contributed by atoms with Gasteiger partial charge in [-0.15, -0.1) is 0 Å². The summed E-state index contributed by atoms with van der Waals surface area (Å²) in [6.45, 7) is 3.58. The van der Waals surface area contributed by atoms with Crippen LogP contribution < -0.4 is 15.8 Å². The van der Waals surface area contributed by atoms with Crippen LogP contribution in [0.2, 0.25) is 0 Å². The average Bonchev–Trinajstić information content (AvgIpc) is 2.41. The molecule has 0 aromatic heterocycles. The van der Waals surface area contributed by atoms with Crippen LogP contribution in [-0.4, -0.2) is 37.0 Å². The van der Waals surface area contributed by atoms with E-state index in [1.165, 1.54) is 12.8 Å². The van der Waals surface area contributed by atoms with E-state index in [0.29, 0.717) is 29.7 Å². The molecule has 0 aliphatic carbocycles. The predicted molar refractivity (Wildman–Crippen MR) is 80.9 cm³/mol. The van der Waals surface area contributed by atoms with Crippen LogP contribution in [0.3, 0.4) is 0 Å². The number of likely N-dealkylation sites (tertiary alicyclic amines) is 1. The summed E-state index contributed by atoms with van der Waals surface area (Å²) in [4.78, 5) is 14.4. The van der Waals surface area contributed by atoms with Crippen LogP contribution in [0.5, 0.6) is 5.75 Å². The fourth-order valence-electron chi connectivity index (χ4n) is 2.59. The number of methoxy groups -OCH3 is 1. The molecule has 1 unspecified atom stereocenters. The third-order valence-corrected chi connectivity index (χ3v) is 3.78. The van der Waals surface area contributed by atoms with E-state index in [0.717, 1.165) is 13.0 Å². The maximum absolute atomic E-state index is 12.2. The van der Waals surface area contributed by atoms with Crippen molar-refractivity contribution in [2.75, 3.05) is 31.2 Å². The number of rotatable bonds is 4. The highest BCUT2D eigenvalue weighted by Gasteiger charge is 2.20. The molecule has 0 saturated carbocycles.